The van der Waals surface area contributed by atoms with Crippen LogP contribution in [0.2, 0.25) is 0 Å². The topological polar surface area (TPSA) is 83.1 Å². The quantitative estimate of drug-likeness (QED) is 0.725. The molecule has 0 atom stereocenters. The fourth-order valence-electron chi connectivity index (χ4n) is 3.46. The number of aromatic nitrogens is 3. The number of benzene rings is 1. The van der Waals surface area contributed by atoms with Gasteiger partial charge in [0.15, 0.2) is 0 Å². The molecule has 27 heavy (non-hydrogen) atoms. The van der Waals surface area contributed by atoms with Crippen LogP contribution in [0.5, 0.6) is 5.75 Å². The first-order chi connectivity index (χ1) is 13.2. The maximum atomic E-state index is 12.5. The molecule has 7 nitrogen and oxygen atoms in total. The number of nitrogens with zero attached hydrogens (tertiary/aromatic N) is 3. The van der Waals surface area contributed by atoms with Crippen molar-refractivity contribution in [2.45, 2.75) is 25.4 Å². The van der Waals surface area contributed by atoms with Gasteiger partial charge in [0.25, 0.3) is 5.91 Å². The first kappa shape index (κ1) is 17.5. The van der Waals surface area contributed by atoms with E-state index in [1.165, 1.54) is 0 Å². The molecule has 0 bridgehead atoms. The molecule has 0 saturated carbocycles. The summed E-state index contributed by atoms with van der Waals surface area (Å²) in [7, 11) is 1.66. The summed E-state index contributed by atoms with van der Waals surface area (Å²) in [6.45, 7) is 2.20. The third-order valence-corrected chi connectivity index (χ3v) is 5.01. The lowest BCUT2D eigenvalue weighted by atomic mass is 10.0. The number of aromatic amines is 1. The number of piperidine rings is 1. The van der Waals surface area contributed by atoms with Crippen molar-refractivity contribution in [3.8, 4) is 5.75 Å². The Labute approximate surface area is 157 Å². The van der Waals surface area contributed by atoms with Crippen LogP contribution in [0, 0.1) is 0 Å². The molecular formula is C20H23N5O2. The number of amides is 1. The van der Waals surface area contributed by atoms with E-state index in [0.717, 1.165) is 48.5 Å². The molecule has 1 saturated heterocycles. The summed E-state index contributed by atoms with van der Waals surface area (Å²) in [4.78, 5) is 26.3. The lowest BCUT2D eigenvalue weighted by Crippen LogP contribution is -2.44. The number of pyridine rings is 1. The van der Waals surface area contributed by atoms with Crippen LogP contribution < -0.4 is 10.1 Å². The Balaban J connectivity index is 1.30. The molecule has 7 heteroatoms. The van der Waals surface area contributed by atoms with Crippen LogP contribution in [-0.4, -0.2) is 52.0 Å². The number of H-pyrrole nitrogens is 1. The average molecular weight is 365 g/mol. The summed E-state index contributed by atoms with van der Waals surface area (Å²) in [6.07, 6.45) is 5.19. The molecule has 1 aromatic carbocycles. The summed E-state index contributed by atoms with van der Waals surface area (Å²) in [5, 5.41) is 3.55. The van der Waals surface area contributed by atoms with Crippen LogP contribution >= 0.6 is 0 Å². The predicted molar refractivity (Wildman–Crippen MR) is 103 cm³/mol. The van der Waals surface area contributed by atoms with Crippen LogP contribution in [0.1, 0.15) is 29.0 Å². The van der Waals surface area contributed by atoms with Crippen LogP contribution in [0.25, 0.3) is 11.0 Å². The number of likely N-dealkylation sites (tertiary alicyclic amines) is 1. The van der Waals surface area contributed by atoms with Gasteiger partial charge >= 0.3 is 0 Å². The summed E-state index contributed by atoms with van der Waals surface area (Å²) >= 11 is 0. The third kappa shape index (κ3) is 3.93. The van der Waals surface area contributed by atoms with Crippen molar-refractivity contribution in [3.05, 3.63) is 54.1 Å². The van der Waals surface area contributed by atoms with Gasteiger partial charge in [-0.05, 0) is 37.1 Å². The van der Waals surface area contributed by atoms with Crippen molar-refractivity contribution in [2.24, 2.45) is 0 Å². The van der Waals surface area contributed by atoms with E-state index in [9.17, 15) is 4.79 Å². The highest BCUT2D eigenvalue weighted by Crippen LogP contribution is 2.19. The van der Waals surface area contributed by atoms with Crippen LogP contribution in [0.15, 0.2) is 42.7 Å². The second-order valence-electron chi connectivity index (χ2n) is 6.75. The Morgan fingerprint density at radius 3 is 2.78 bits per heavy atom. The maximum absolute atomic E-state index is 12.5. The second kappa shape index (κ2) is 7.75. The van der Waals surface area contributed by atoms with Gasteiger partial charge in [-0.25, -0.2) is 4.98 Å². The molecule has 1 aliphatic heterocycles. The molecule has 0 unspecified atom stereocenters. The third-order valence-electron chi connectivity index (χ3n) is 5.01. The van der Waals surface area contributed by atoms with Crippen LogP contribution in [0.3, 0.4) is 0 Å². The number of nitrogens with one attached hydrogen (secondary N) is 2. The number of methoxy groups -OCH3 is 1. The lowest BCUT2D eigenvalue weighted by molar-refractivity contribution is 0.0704. The van der Waals surface area contributed by atoms with Gasteiger partial charge in [0.05, 0.1) is 24.7 Å². The Kier molecular flexibility index (Phi) is 5.02. The molecule has 3 aromatic rings. The van der Waals surface area contributed by atoms with Gasteiger partial charge in [0.2, 0.25) is 0 Å². The van der Waals surface area contributed by atoms with Gasteiger partial charge in [-0.2, -0.15) is 0 Å². The van der Waals surface area contributed by atoms with Gasteiger partial charge < -0.3 is 19.9 Å². The molecule has 2 aromatic heterocycles. The zero-order chi connectivity index (χ0) is 18.6. The minimum atomic E-state index is 0.0853. The maximum Gasteiger partial charge on any atom is 0.253 e. The number of carbonyl (C=O) groups is 1. The van der Waals surface area contributed by atoms with E-state index in [1.54, 1.807) is 31.6 Å². The van der Waals surface area contributed by atoms with Crippen molar-refractivity contribution in [1.29, 1.82) is 0 Å². The van der Waals surface area contributed by atoms with Crippen molar-refractivity contribution >= 4 is 16.9 Å². The molecule has 2 N–H and O–H groups in total. The zero-order valence-corrected chi connectivity index (χ0v) is 15.3. The van der Waals surface area contributed by atoms with Crippen molar-refractivity contribution in [1.82, 2.24) is 25.2 Å². The van der Waals surface area contributed by atoms with Crippen LogP contribution in [-0.2, 0) is 6.54 Å². The molecule has 1 amide bonds. The number of rotatable bonds is 5. The minimum absolute atomic E-state index is 0.0853. The van der Waals surface area contributed by atoms with Crippen molar-refractivity contribution in [2.75, 3.05) is 20.2 Å². The Hall–Kier alpha value is -2.93. The van der Waals surface area contributed by atoms with Gasteiger partial charge in [-0.15, -0.1) is 0 Å². The highest BCUT2D eigenvalue weighted by molar-refractivity contribution is 5.94. The Morgan fingerprint density at radius 2 is 2.04 bits per heavy atom. The van der Waals surface area contributed by atoms with Gasteiger partial charge in [-0.3, -0.25) is 9.78 Å². The highest BCUT2D eigenvalue weighted by atomic mass is 16.5. The Bertz CT molecular complexity index is 917. The molecule has 1 fully saturated rings. The van der Waals surface area contributed by atoms with Gasteiger partial charge in [-0.1, -0.05) is 0 Å². The van der Waals surface area contributed by atoms with Crippen molar-refractivity contribution in [3.63, 3.8) is 0 Å². The number of imidazole rings is 1. The number of ether oxygens (including phenoxy) is 1. The first-order valence-corrected chi connectivity index (χ1v) is 9.18. The molecule has 0 aliphatic carbocycles. The molecule has 1 aliphatic rings. The fourth-order valence-corrected chi connectivity index (χ4v) is 3.46. The number of carbonyl (C=O) groups excluding carboxylic acids is 1. The normalized spacial score (nSPS) is 15.2. The average Bonchev–Trinajstić information content (AvgIpc) is 3.14. The largest absolute Gasteiger partial charge is 0.497 e. The minimum Gasteiger partial charge on any atom is -0.497 e. The van der Waals surface area contributed by atoms with Crippen molar-refractivity contribution < 1.29 is 9.53 Å². The summed E-state index contributed by atoms with van der Waals surface area (Å²) < 4.78 is 5.25. The van der Waals surface area contributed by atoms with Gasteiger partial charge in [0.1, 0.15) is 11.6 Å². The van der Waals surface area contributed by atoms with E-state index in [4.69, 9.17) is 4.74 Å². The summed E-state index contributed by atoms with van der Waals surface area (Å²) in [5.74, 6) is 1.81. The van der Waals surface area contributed by atoms with E-state index in [1.807, 2.05) is 23.1 Å². The molecule has 4 rings (SSSR count). The number of hydrogen-bond donors (Lipinski definition) is 2. The SMILES string of the molecule is COc1ccc2nc(CNC3CCN(C(=O)c4ccncc4)CC3)[nH]c2c1. The number of hydrogen-bond acceptors (Lipinski definition) is 5. The van der Waals surface area contributed by atoms with E-state index in [2.05, 4.69) is 20.3 Å². The van der Waals surface area contributed by atoms with E-state index >= 15 is 0 Å². The monoisotopic (exact) mass is 365 g/mol. The number of fused-ring (bicyclic) bond motifs is 1. The van der Waals surface area contributed by atoms with Gasteiger partial charge in [0, 0.05) is 43.2 Å². The standard InChI is InChI=1S/C20H23N5O2/c1-27-16-2-3-17-18(12-16)24-19(23-17)13-22-15-6-10-25(11-7-15)20(26)14-4-8-21-9-5-14/h2-5,8-9,12,15,22H,6-7,10-11,13H2,1H3,(H,23,24). The Morgan fingerprint density at radius 1 is 1.26 bits per heavy atom. The lowest BCUT2D eigenvalue weighted by Gasteiger charge is -2.32. The molecule has 0 spiro atoms. The fraction of sp³-hybridized carbons (Fsp3) is 0.350. The first-order valence-electron chi connectivity index (χ1n) is 9.18. The predicted octanol–water partition coefficient (Wildman–Crippen LogP) is 2.36. The van der Waals surface area contributed by atoms with Crippen LogP contribution in [0.4, 0.5) is 0 Å². The van der Waals surface area contributed by atoms with E-state index in [0.29, 0.717) is 18.2 Å². The molecule has 140 valence electrons. The molecular weight excluding hydrogens is 342 g/mol. The summed E-state index contributed by atoms with van der Waals surface area (Å²) in [6, 6.07) is 9.74. The van der Waals surface area contributed by atoms with E-state index < -0.39 is 0 Å². The molecule has 0 radical (unpaired) electrons. The highest BCUT2D eigenvalue weighted by Gasteiger charge is 2.23. The second-order valence-corrected chi connectivity index (χ2v) is 6.75. The summed E-state index contributed by atoms with van der Waals surface area (Å²) in [5.41, 5.74) is 2.61. The zero-order valence-electron chi connectivity index (χ0n) is 15.3. The molecule has 3 heterocycles. The van der Waals surface area contributed by atoms with E-state index in [-0.39, 0.29) is 5.91 Å². The smallest absolute Gasteiger partial charge is 0.253 e.